The molecule has 0 aromatic carbocycles. The summed E-state index contributed by atoms with van der Waals surface area (Å²) in [7, 11) is 0. The molecule has 0 radical (unpaired) electrons. The summed E-state index contributed by atoms with van der Waals surface area (Å²) < 4.78 is 5.75. The lowest BCUT2D eigenvalue weighted by Gasteiger charge is -2.44. The van der Waals surface area contributed by atoms with Crippen molar-refractivity contribution in [1.29, 1.82) is 0 Å². The van der Waals surface area contributed by atoms with Gasteiger partial charge in [-0.15, -0.1) is 0 Å². The summed E-state index contributed by atoms with van der Waals surface area (Å²) >= 11 is 0. The second kappa shape index (κ2) is 6.15. The lowest BCUT2D eigenvalue weighted by atomic mass is 9.86. The average Bonchev–Trinajstić information content (AvgIpc) is 3.16. The van der Waals surface area contributed by atoms with E-state index >= 15 is 0 Å². The molecule has 3 rings (SSSR count). The smallest absolute Gasteiger partial charge is 0.0547 e. The predicted octanol–water partition coefficient (Wildman–Crippen LogP) is 1.56. The molecule has 2 saturated heterocycles. The minimum atomic E-state index is 0.313. The topological polar surface area (TPSA) is 27.7 Å². The van der Waals surface area contributed by atoms with Crippen molar-refractivity contribution in [3.63, 3.8) is 0 Å². The lowest BCUT2D eigenvalue weighted by Crippen LogP contribution is -2.56. The highest BCUT2D eigenvalue weighted by molar-refractivity contribution is 4.93. The summed E-state index contributed by atoms with van der Waals surface area (Å²) in [6.45, 7) is 16.1. The summed E-state index contributed by atoms with van der Waals surface area (Å²) in [4.78, 5) is 5.29. The van der Waals surface area contributed by atoms with Gasteiger partial charge in [0.1, 0.15) is 0 Å². The minimum absolute atomic E-state index is 0.313. The van der Waals surface area contributed by atoms with Crippen LogP contribution in [0.15, 0.2) is 0 Å². The van der Waals surface area contributed by atoms with Crippen LogP contribution in [-0.2, 0) is 4.74 Å². The zero-order valence-electron chi connectivity index (χ0n) is 14.2. The lowest BCUT2D eigenvalue weighted by molar-refractivity contribution is 0.0350. The van der Waals surface area contributed by atoms with Crippen molar-refractivity contribution < 1.29 is 4.74 Å². The van der Waals surface area contributed by atoms with Gasteiger partial charge in [0.2, 0.25) is 0 Å². The summed E-state index contributed by atoms with van der Waals surface area (Å²) in [5.74, 6) is 0. The van der Waals surface area contributed by atoms with Crippen LogP contribution in [0.5, 0.6) is 0 Å². The van der Waals surface area contributed by atoms with E-state index in [0.29, 0.717) is 11.0 Å². The maximum atomic E-state index is 5.75. The highest BCUT2D eigenvalue weighted by Crippen LogP contribution is 2.31. The molecule has 2 aliphatic heterocycles. The SMILES string of the molecule is CC(C)(C)N1CCN(CC2(CNC3CC3)CCOC2)CC1. The third kappa shape index (κ3) is 4.19. The monoisotopic (exact) mass is 295 g/mol. The quantitative estimate of drug-likeness (QED) is 0.833. The number of piperazine rings is 1. The van der Waals surface area contributed by atoms with Crippen molar-refractivity contribution in [2.45, 2.75) is 51.6 Å². The first-order chi connectivity index (χ1) is 9.97. The normalized spacial score (nSPS) is 32.7. The van der Waals surface area contributed by atoms with E-state index in [9.17, 15) is 0 Å². The number of nitrogens with zero attached hydrogens (tertiary/aromatic N) is 2. The van der Waals surface area contributed by atoms with Gasteiger partial charge in [-0.3, -0.25) is 4.90 Å². The Morgan fingerprint density at radius 1 is 1.14 bits per heavy atom. The van der Waals surface area contributed by atoms with Crippen LogP contribution in [0, 0.1) is 5.41 Å². The van der Waals surface area contributed by atoms with Gasteiger partial charge >= 0.3 is 0 Å². The first kappa shape index (κ1) is 15.7. The van der Waals surface area contributed by atoms with E-state index in [4.69, 9.17) is 4.74 Å². The fraction of sp³-hybridized carbons (Fsp3) is 1.00. The number of rotatable bonds is 5. The van der Waals surface area contributed by atoms with Crippen LogP contribution in [0.25, 0.3) is 0 Å². The van der Waals surface area contributed by atoms with Gasteiger partial charge in [0.05, 0.1) is 6.61 Å². The van der Waals surface area contributed by atoms with Gasteiger partial charge in [-0.1, -0.05) is 0 Å². The van der Waals surface area contributed by atoms with E-state index in [2.05, 4.69) is 35.9 Å². The molecule has 4 nitrogen and oxygen atoms in total. The van der Waals surface area contributed by atoms with E-state index in [1.807, 2.05) is 0 Å². The largest absolute Gasteiger partial charge is 0.381 e. The summed E-state index contributed by atoms with van der Waals surface area (Å²) in [6, 6.07) is 0.806. The number of ether oxygens (including phenoxy) is 1. The van der Waals surface area contributed by atoms with Crippen molar-refractivity contribution in [3.8, 4) is 0 Å². The third-order valence-electron chi connectivity index (χ3n) is 5.41. The van der Waals surface area contributed by atoms with Gasteiger partial charge in [-0.2, -0.15) is 0 Å². The second-order valence-electron chi connectivity index (χ2n) is 8.39. The van der Waals surface area contributed by atoms with Gasteiger partial charge in [-0.25, -0.2) is 0 Å². The zero-order valence-corrected chi connectivity index (χ0v) is 14.2. The maximum absolute atomic E-state index is 5.75. The predicted molar refractivity (Wildman–Crippen MR) is 86.7 cm³/mol. The molecule has 0 spiro atoms. The van der Waals surface area contributed by atoms with E-state index in [-0.39, 0.29) is 0 Å². The Bertz CT molecular complexity index is 334. The van der Waals surface area contributed by atoms with Crippen molar-refractivity contribution in [3.05, 3.63) is 0 Å². The van der Waals surface area contributed by atoms with Gasteiger partial charge in [-0.05, 0) is 40.0 Å². The molecular weight excluding hydrogens is 262 g/mol. The first-order valence-electron chi connectivity index (χ1n) is 8.76. The number of nitrogens with one attached hydrogen (secondary N) is 1. The van der Waals surface area contributed by atoms with Gasteiger partial charge in [0.25, 0.3) is 0 Å². The Morgan fingerprint density at radius 3 is 2.38 bits per heavy atom. The standard InChI is InChI=1S/C17H33N3O/c1-16(2,3)20-9-7-19(8-10-20)13-17(6-11-21-14-17)12-18-15-4-5-15/h15,18H,4-14H2,1-3H3. The van der Waals surface area contributed by atoms with Crippen LogP contribution < -0.4 is 5.32 Å². The fourth-order valence-corrected chi connectivity index (χ4v) is 3.67. The number of hydrogen-bond donors (Lipinski definition) is 1. The van der Waals surface area contributed by atoms with Crippen LogP contribution in [0.4, 0.5) is 0 Å². The third-order valence-corrected chi connectivity index (χ3v) is 5.41. The van der Waals surface area contributed by atoms with Gasteiger partial charge in [0, 0.05) is 62.9 Å². The first-order valence-corrected chi connectivity index (χ1v) is 8.76. The molecule has 1 unspecified atom stereocenters. The van der Waals surface area contributed by atoms with Crippen LogP contribution in [0.3, 0.4) is 0 Å². The zero-order chi connectivity index (χ0) is 14.9. The molecule has 1 saturated carbocycles. The summed E-state index contributed by atoms with van der Waals surface area (Å²) in [6.07, 6.45) is 3.98. The molecule has 0 aromatic heterocycles. The fourth-order valence-electron chi connectivity index (χ4n) is 3.67. The molecule has 122 valence electrons. The second-order valence-corrected chi connectivity index (χ2v) is 8.39. The molecular formula is C17H33N3O. The molecule has 1 aliphatic carbocycles. The Hall–Kier alpha value is -0.160. The molecule has 1 N–H and O–H groups in total. The average molecular weight is 295 g/mol. The van der Waals surface area contributed by atoms with E-state index in [1.165, 1.54) is 52.0 Å². The Kier molecular flexibility index (Phi) is 4.60. The highest BCUT2D eigenvalue weighted by atomic mass is 16.5. The van der Waals surface area contributed by atoms with Gasteiger partial charge < -0.3 is 15.0 Å². The van der Waals surface area contributed by atoms with E-state index < -0.39 is 0 Å². The van der Waals surface area contributed by atoms with Crippen LogP contribution in [0.1, 0.15) is 40.0 Å². The molecule has 3 fully saturated rings. The molecule has 2 heterocycles. The van der Waals surface area contributed by atoms with Gasteiger partial charge in [0.15, 0.2) is 0 Å². The molecule has 0 bridgehead atoms. The summed E-state index contributed by atoms with van der Waals surface area (Å²) in [5.41, 5.74) is 0.681. The minimum Gasteiger partial charge on any atom is -0.381 e. The van der Waals surface area contributed by atoms with Crippen LogP contribution in [0.2, 0.25) is 0 Å². The molecule has 21 heavy (non-hydrogen) atoms. The van der Waals surface area contributed by atoms with E-state index in [0.717, 1.165) is 25.8 Å². The number of hydrogen-bond acceptors (Lipinski definition) is 4. The molecule has 0 aromatic rings. The van der Waals surface area contributed by atoms with Crippen LogP contribution in [-0.4, -0.2) is 73.9 Å². The molecule has 4 heteroatoms. The molecule has 0 amide bonds. The van der Waals surface area contributed by atoms with Crippen molar-refractivity contribution in [1.82, 2.24) is 15.1 Å². The Morgan fingerprint density at radius 2 is 1.86 bits per heavy atom. The van der Waals surface area contributed by atoms with Crippen molar-refractivity contribution in [2.24, 2.45) is 5.41 Å². The highest BCUT2D eigenvalue weighted by Gasteiger charge is 2.39. The van der Waals surface area contributed by atoms with Crippen molar-refractivity contribution in [2.75, 3.05) is 52.5 Å². The molecule has 3 aliphatic rings. The summed E-state index contributed by atoms with van der Waals surface area (Å²) in [5, 5.41) is 3.74. The van der Waals surface area contributed by atoms with Crippen LogP contribution >= 0.6 is 0 Å². The Labute approximate surface area is 130 Å². The van der Waals surface area contributed by atoms with E-state index in [1.54, 1.807) is 0 Å². The molecule has 1 atom stereocenters. The maximum Gasteiger partial charge on any atom is 0.0547 e. The van der Waals surface area contributed by atoms with Crippen molar-refractivity contribution >= 4 is 0 Å². The Balaban J connectivity index is 1.50.